The number of nitrogens with zero attached hydrogens (tertiary/aromatic N) is 2. The standard InChI is InChI=1S/C20H26N4O3/c21-9-8-14-4-2-10-23(14)11-13-3-1-5-15-16(13)12-24(20(15)27)17-6-7-18(25)22-19(17)26/h1,3,5,14,17H,2,4,6-12,21H2,(H,22,25,26)/t14-,17?/m0/s1. The minimum atomic E-state index is -0.563. The summed E-state index contributed by atoms with van der Waals surface area (Å²) < 4.78 is 0. The molecule has 1 aromatic carbocycles. The van der Waals surface area contributed by atoms with Gasteiger partial charge in [-0.3, -0.25) is 24.6 Å². The van der Waals surface area contributed by atoms with E-state index in [1.807, 2.05) is 12.1 Å². The van der Waals surface area contributed by atoms with Crippen molar-refractivity contribution < 1.29 is 14.4 Å². The zero-order chi connectivity index (χ0) is 19.0. The Labute approximate surface area is 158 Å². The van der Waals surface area contributed by atoms with E-state index in [-0.39, 0.29) is 24.1 Å². The molecule has 3 amide bonds. The van der Waals surface area contributed by atoms with E-state index >= 15 is 0 Å². The van der Waals surface area contributed by atoms with Crippen LogP contribution in [0, 0.1) is 0 Å². The van der Waals surface area contributed by atoms with E-state index < -0.39 is 6.04 Å². The molecule has 3 aliphatic rings. The Morgan fingerprint density at radius 1 is 1.19 bits per heavy atom. The number of hydrogen-bond donors (Lipinski definition) is 2. The smallest absolute Gasteiger partial charge is 0.255 e. The summed E-state index contributed by atoms with van der Waals surface area (Å²) in [6, 6.07) is 5.79. The largest absolute Gasteiger partial charge is 0.330 e. The lowest BCUT2D eigenvalue weighted by molar-refractivity contribution is -0.136. The number of fused-ring (bicyclic) bond motifs is 1. The Kier molecular flexibility index (Phi) is 4.97. The number of imide groups is 1. The summed E-state index contributed by atoms with van der Waals surface area (Å²) in [5.41, 5.74) is 8.61. The highest BCUT2D eigenvalue weighted by molar-refractivity contribution is 6.05. The first-order chi connectivity index (χ1) is 13.1. The van der Waals surface area contributed by atoms with E-state index in [0.717, 1.165) is 30.6 Å². The summed E-state index contributed by atoms with van der Waals surface area (Å²) in [5, 5.41) is 2.35. The molecule has 144 valence electrons. The number of nitrogens with two attached hydrogens (primary N) is 1. The fourth-order valence-electron chi connectivity index (χ4n) is 4.64. The second kappa shape index (κ2) is 7.40. The van der Waals surface area contributed by atoms with Crippen LogP contribution < -0.4 is 11.1 Å². The molecule has 2 atom stereocenters. The predicted molar refractivity (Wildman–Crippen MR) is 99.6 cm³/mol. The minimum absolute atomic E-state index is 0.110. The highest BCUT2D eigenvalue weighted by Crippen LogP contribution is 2.31. The summed E-state index contributed by atoms with van der Waals surface area (Å²) >= 11 is 0. The van der Waals surface area contributed by atoms with E-state index in [4.69, 9.17) is 5.73 Å². The van der Waals surface area contributed by atoms with Crippen molar-refractivity contribution in [2.75, 3.05) is 13.1 Å². The van der Waals surface area contributed by atoms with Crippen LogP contribution in [0.5, 0.6) is 0 Å². The molecule has 0 spiro atoms. The van der Waals surface area contributed by atoms with Crippen LogP contribution >= 0.6 is 0 Å². The minimum Gasteiger partial charge on any atom is -0.330 e. The third-order valence-corrected chi connectivity index (χ3v) is 6.05. The van der Waals surface area contributed by atoms with Crippen LogP contribution in [-0.2, 0) is 22.7 Å². The Balaban J connectivity index is 1.54. The maximum atomic E-state index is 12.9. The maximum Gasteiger partial charge on any atom is 0.255 e. The van der Waals surface area contributed by atoms with Gasteiger partial charge in [-0.05, 0) is 56.0 Å². The van der Waals surface area contributed by atoms with Gasteiger partial charge >= 0.3 is 0 Å². The molecule has 0 bridgehead atoms. The van der Waals surface area contributed by atoms with Crippen molar-refractivity contribution in [2.24, 2.45) is 5.73 Å². The number of likely N-dealkylation sites (tertiary alicyclic amines) is 1. The predicted octanol–water partition coefficient (Wildman–Crippen LogP) is 0.761. The van der Waals surface area contributed by atoms with Crippen LogP contribution in [0.2, 0.25) is 0 Å². The van der Waals surface area contributed by atoms with Crippen molar-refractivity contribution >= 4 is 17.7 Å². The van der Waals surface area contributed by atoms with Crippen LogP contribution in [-0.4, -0.2) is 52.7 Å². The highest BCUT2D eigenvalue weighted by Gasteiger charge is 2.40. The first-order valence-electron chi connectivity index (χ1n) is 9.78. The monoisotopic (exact) mass is 370 g/mol. The van der Waals surface area contributed by atoms with Crippen LogP contribution in [0.25, 0.3) is 0 Å². The molecule has 1 aromatic rings. The second-order valence-electron chi connectivity index (χ2n) is 7.69. The number of piperidine rings is 1. The van der Waals surface area contributed by atoms with E-state index in [2.05, 4.69) is 16.3 Å². The van der Waals surface area contributed by atoms with Gasteiger partial charge in [0, 0.05) is 31.1 Å². The summed E-state index contributed by atoms with van der Waals surface area (Å²) in [6.45, 7) is 2.99. The normalized spacial score (nSPS) is 25.8. The van der Waals surface area contributed by atoms with Crippen LogP contribution in [0.3, 0.4) is 0 Å². The topological polar surface area (TPSA) is 95.7 Å². The van der Waals surface area contributed by atoms with Gasteiger partial charge < -0.3 is 10.6 Å². The van der Waals surface area contributed by atoms with Gasteiger partial charge in [-0.1, -0.05) is 12.1 Å². The Morgan fingerprint density at radius 3 is 2.81 bits per heavy atom. The molecule has 1 unspecified atom stereocenters. The van der Waals surface area contributed by atoms with Crippen molar-refractivity contribution in [3.8, 4) is 0 Å². The molecular weight excluding hydrogens is 344 g/mol. The van der Waals surface area contributed by atoms with E-state index in [9.17, 15) is 14.4 Å². The lowest BCUT2D eigenvalue weighted by Gasteiger charge is -2.29. The van der Waals surface area contributed by atoms with Gasteiger partial charge in [-0.15, -0.1) is 0 Å². The molecule has 3 heterocycles. The Morgan fingerprint density at radius 2 is 2.04 bits per heavy atom. The van der Waals surface area contributed by atoms with Crippen molar-refractivity contribution in [1.29, 1.82) is 0 Å². The molecule has 0 aromatic heterocycles. The fraction of sp³-hybridized carbons (Fsp3) is 0.550. The average Bonchev–Trinajstić information content (AvgIpc) is 3.21. The van der Waals surface area contributed by atoms with Gasteiger partial charge in [-0.2, -0.15) is 0 Å². The highest BCUT2D eigenvalue weighted by atomic mass is 16.2. The zero-order valence-electron chi connectivity index (χ0n) is 15.4. The fourth-order valence-corrected chi connectivity index (χ4v) is 4.64. The first-order valence-corrected chi connectivity index (χ1v) is 9.78. The van der Waals surface area contributed by atoms with E-state index in [0.29, 0.717) is 31.1 Å². The van der Waals surface area contributed by atoms with Crippen molar-refractivity contribution in [3.05, 3.63) is 34.9 Å². The van der Waals surface area contributed by atoms with Crippen LogP contribution in [0.4, 0.5) is 0 Å². The lowest BCUT2D eigenvalue weighted by atomic mass is 10.0. The van der Waals surface area contributed by atoms with Crippen LogP contribution in [0.1, 0.15) is 53.6 Å². The number of carbonyl (C=O) groups excluding carboxylic acids is 3. The molecule has 27 heavy (non-hydrogen) atoms. The Bertz CT molecular complexity index is 778. The molecule has 7 nitrogen and oxygen atoms in total. The van der Waals surface area contributed by atoms with Crippen LogP contribution in [0.15, 0.2) is 18.2 Å². The lowest BCUT2D eigenvalue weighted by Crippen LogP contribution is -2.52. The summed E-state index contributed by atoms with van der Waals surface area (Å²) in [6.07, 6.45) is 4.02. The van der Waals surface area contributed by atoms with Gasteiger partial charge in [-0.25, -0.2) is 0 Å². The number of rotatable bonds is 5. The summed E-state index contributed by atoms with van der Waals surface area (Å²) in [5.74, 6) is -0.737. The summed E-state index contributed by atoms with van der Waals surface area (Å²) in [7, 11) is 0. The average molecular weight is 370 g/mol. The number of nitrogens with one attached hydrogen (secondary N) is 1. The third-order valence-electron chi connectivity index (χ3n) is 6.05. The SMILES string of the molecule is NCC[C@@H]1CCCN1Cc1cccc2c1CN(C1CCC(=O)NC1=O)C2=O. The van der Waals surface area contributed by atoms with Gasteiger partial charge in [0.25, 0.3) is 5.91 Å². The molecule has 0 saturated carbocycles. The number of benzene rings is 1. The van der Waals surface area contributed by atoms with Gasteiger partial charge in [0.1, 0.15) is 6.04 Å². The zero-order valence-corrected chi connectivity index (χ0v) is 15.4. The molecule has 3 N–H and O–H groups in total. The molecule has 4 rings (SSSR count). The van der Waals surface area contributed by atoms with E-state index in [1.54, 1.807) is 4.90 Å². The maximum absolute atomic E-state index is 12.9. The molecule has 0 radical (unpaired) electrons. The molecule has 2 saturated heterocycles. The Hall–Kier alpha value is -2.25. The van der Waals surface area contributed by atoms with Gasteiger partial charge in [0.15, 0.2) is 0 Å². The second-order valence-corrected chi connectivity index (χ2v) is 7.69. The molecule has 3 aliphatic heterocycles. The van der Waals surface area contributed by atoms with Gasteiger partial charge in [0.05, 0.1) is 0 Å². The first kappa shape index (κ1) is 18.1. The van der Waals surface area contributed by atoms with Crippen molar-refractivity contribution in [2.45, 2.75) is 57.3 Å². The van der Waals surface area contributed by atoms with Crippen molar-refractivity contribution in [3.63, 3.8) is 0 Å². The molecule has 7 heteroatoms. The van der Waals surface area contributed by atoms with E-state index in [1.165, 1.54) is 12.8 Å². The number of hydrogen-bond acceptors (Lipinski definition) is 5. The molecule has 2 fully saturated rings. The number of carbonyl (C=O) groups is 3. The molecule has 0 aliphatic carbocycles. The molecular formula is C20H26N4O3. The third kappa shape index (κ3) is 3.37. The van der Waals surface area contributed by atoms with Gasteiger partial charge in [0.2, 0.25) is 11.8 Å². The number of amides is 3. The summed E-state index contributed by atoms with van der Waals surface area (Å²) in [4.78, 5) is 40.6. The van der Waals surface area contributed by atoms with Crippen molar-refractivity contribution in [1.82, 2.24) is 15.1 Å². The quantitative estimate of drug-likeness (QED) is 0.746.